The van der Waals surface area contributed by atoms with Crippen LogP contribution in [0.2, 0.25) is 10.0 Å². The summed E-state index contributed by atoms with van der Waals surface area (Å²) in [5.74, 6) is 0.150. The Balaban J connectivity index is 2.02. The van der Waals surface area contributed by atoms with Gasteiger partial charge in [0.1, 0.15) is 6.04 Å². The van der Waals surface area contributed by atoms with Crippen LogP contribution >= 0.6 is 35.0 Å². The van der Waals surface area contributed by atoms with E-state index < -0.39 is 6.04 Å². The van der Waals surface area contributed by atoms with E-state index in [0.29, 0.717) is 28.6 Å². The van der Waals surface area contributed by atoms with Crippen LogP contribution in [-0.2, 0) is 11.3 Å². The molecule has 2 aromatic carbocycles. The highest BCUT2D eigenvalue weighted by atomic mass is 35.5. The van der Waals surface area contributed by atoms with E-state index in [4.69, 9.17) is 23.2 Å². The summed E-state index contributed by atoms with van der Waals surface area (Å²) in [7, 11) is 0. The Morgan fingerprint density at radius 1 is 1.12 bits per heavy atom. The summed E-state index contributed by atoms with van der Waals surface area (Å²) in [4.78, 5) is 25.0. The average molecular weight is 411 g/mol. The first-order valence-corrected chi connectivity index (χ1v) is 10.2. The minimum Gasteiger partial charge on any atom is -0.350 e. The third-order valence-electron chi connectivity index (χ3n) is 3.71. The number of hydrogen-bond donors (Lipinski definition) is 2. The van der Waals surface area contributed by atoms with Crippen molar-refractivity contribution in [2.24, 2.45) is 0 Å². The van der Waals surface area contributed by atoms with Crippen molar-refractivity contribution in [2.45, 2.75) is 19.0 Å². The number of rotatable bonds is 8. The number of carbonyl (C=O) groups excluding carboxylic acids is 2. The largest absolute Gasteiger partial charge is 0.350 e. The molecule has 2 aromatic rings. The lowest BCUT2D eigenvalue weighted by atomic mass is 10.1. The molecule has 0 fully saturated rings. The molecule has 0 aliphatic rings. The van der Waals surface area contributed by atoms with E-state index in [-0.39, 0.29) is 11.8 Å². The van der Waals surface area contributed by atoms with Crippen LogP contribution < -0.4 is 10.6 Å². The molecule has 138 valence electrons. The van der Waals surface area contributed by atoms with Gasteiger partial charge in [-0.1, -0.05) is 47.5 Å². The van der Waals surface area contributed by atoms with Gasteiger partial charge in [-0.2, -0.15) is 11.8 Å². The number of benzene rings is 2. The summed E-state index contributed by atoms with van der Waals surface area (Å²) >= 11 is 13.6. The summed E-state index contributed by atoms with van der Waals surface area (Å²) in [5, 5.41) is 6.60. The molecule has 1 atom stereocenters. The number of thioether (sulfide) groups is 1. The van der Waals surface area contributed by atoms with Crippen molar-refractivity contribution in [1.29, 1.82) is 0 Å². The van der Waals surface area contributed by atoms with Crippen LogP contribution in [0.3, 0.4) is 0 Å². The molecule has 0 saturated carbocycles. The molecule has 0 aliphatic carbocycles. The molecule has 0 bridgehead atoms. The van der Waals surface area contributed by atoms with E-state index in [1.807, 2.05) is 18.4 Å². The predicted octanol–water partition coefficient (Wildman–Crippen LogP) is 4.16. The van der Waals surface area contributed by atoms with E-state index in [1.54, 1.807) is 48.2 Å². The zero-order valence-corrected chi connectivity index (χ0v) is 16.6. The summed E-state index contributed by atoms with van der Waals surface area (Å²) in [6.07, 6.45) is 2.48. The molecular weight excluding hydrogens is 391 g/mol. The second-order valence-corrected chi connectivity index (χ2v) is 7.46. The van der Waals surface area contributed by atoms with E-state index in [9.17, 15) is 9.59 Å². The number of amides is 2. The molecule has 0 saturated heterocycles. The normalized spacial score (nSPS) is 11.7. The van der Waals surface area contributed by atoms with Gasteiger partial charge in [0, 0.05) is 11.6 Å². The fraction of sp³-hybridized carbons (Fsp3) is 0.263. The average Bonchev–Trinajstić information content (AvgIpc) is 2.63. The van der Waals surface area contributed by atoms with Crippen LogP contribution in [0, 0.1) is 0 Å². The number of carbonyl (C=O) groups is 2. The maximum atomic E-state index is 12.6. The monoisotopic (exact) mass is 410 g/mol. The lowest BCUT2D eigenvalue weighted by molar-refractivity contribution is -0.123. The van der Waals surface area contributed by atoms with Gasteiger partial charge in [-0.15, -0.1) is 0 Å². The first kappa shape index (κ1) is 20.6. The number of halogens is 2. The Hall–Kier alpha value is -1.69. The summed E-state index contributed by atoms with van der Waals surface area (Å²) < 4.78 is 0. The van der Waals surface area contributed by atoms with Gasteiger partial charge in [-0.3, -0.25) is 9.59 Å². The lowest BCUT2D eigenvalue weighted by Gasteiger charge is -2.18. The molecular formula is C19H20Cl2N2O2S. The zero-order valence-electron chi connectivity index (χ0n) is 14.3. The van der Waals surface area contributed by atoms with Gasteiger partial charge in [0.15, 0.2) is 0 Å². The molecule has 7 heteroatoms. The molecule has 2 N–H and O–H groups in total. The number of nitrogens with one attached hydrogen (secondary N) is 2. The van der Waals surface area contributed by atoms with Crippen LogP contribution in [0.15, 0.2) is 48.5 Å². The Bertz CT molecular complexity index is 771. The maximum absolute atomic E-state index is 12.6. The Morgan fingerprint density at radius 2 is 1.88 bits per heavy atom. The van der Waals surface area contributed by atoms with Crippen LogP contribution in [0.1, 0.15) is 22.3 Å². The molecule has 0 aromatic heterocycles. The summed E-state index contributed by atoms with van der Waals surface area (Å²) in [6, 6.07) is 13.4. The zero-order chi connectivity index (χ0) is 18.9. The van der Waals surface area contributed by atoms with E-state index >= 15 is 0 Å². The van der Waals surface area contributed by atoms with Crippen LogP contribution in [0.25, 0.3) is 0 Å². The van der Waals surface area contributed by atoms with Gasteiger partial charge < -0.3 is 10.6 Å². The minimum atomic E-state index is -0.634. The quantitative estimate of drug-likeness (QED) is 0.686. The fourth-order valence-corrected chi connectivity index (χ4v) is 3.25. The highest BCUT2D eigenvalue weighted by Gasteiger charge is 2.21. The van der Waals surface area contributed by atoms with Gasteiger partial charge >= 0.3 is 0 Å². The molecule has 0 spiro atoms. The second-order valence-electron chi connectivity index (χ2n) is 5.64. The molecule has 2 rings (SSSR count). The molecule has 26 heavy (non-hydrogen) atoms. The molecule has 4 nitrogen and oxygen atoms in total. The van der Waals surface area contributed by atoms with Crippen LogP contribution in [0.5, 0.6) is 0 Å². The molecule has 0 aliphatic heterocycles. The van der Waals surface area contributed by atoms with Crippen LogP contribution in [0.4, 0.5) is 0 Å². The summed E-state index contributed by atoms with van der Waals surface area (Å²) in [6.45, 7) is 0.344. The summed E-state index contributed by atoms with van der Waals surface area (Å²) in [5.41, 5.74) is 1.25. The van der Waals surface area contributed by atoms with Gasteiger partial charge in [0.25, 0.3) is 5.91 Å². The first-order valence-electron chi connectivity index (χ1n) is 8.07. The standard InChI is InChI=1S/C19H20Cl2N2O2S/c1-26-10-9-17(23-18(24)15-7-2-3-8-16(15)21)19(25)22-12-13-5-4-6-14(20)11-13/h2-8,11,17H,9-10,12H2,1H3,(H,22,25)(H,23,24)/t17-/m1/s1. The van der Waals surface area contributed by atoms with Crippen molar-refractivity contribution < 1.29 is 9.59 Å². The van der Waals surface area contributed by atoms with Crippen molar-refractivity contribution >= 4 is 46.8 Å². The van der Waals surface area contributed by atoms with Crippen molar-refractivity contribution in [3.63, 3.8) is 0 Å². The van der Waals surface area contributed by atoms with Gasteiger partial charge in [-0.05, 0) is 48.3 Å². The van der Waals surface area contributed by atoms with Crippen molar-refractivity contribution in [3.05, 3.63) is 69.7 Å². The van der Waals surface area contributed by atoms with Crippen LogP contribution in [-0.4, -0.2) is 29.9 Å². The SMILES string of the molecule is CSCC[C@@H](NC(=O)c1ccccc1Cl)C(=O)NCc1cccc(Cl)c1. The molecule has 2 amide bonds. The van der Waals surface area contributed by atoms with Crippen molar-refractivity contribution in [2.75, 3.05) is 12.0 Å². The Morgan fingerprint density at radius 3 is 2.58 bits per heavy atom. The van der Waals surface area contributed by atoms with E-state index in [0.717, 1.165) is 11.3 Å². The van der Waals surface area contributed by atoms with Gasteiger partial charge in [0.05, 0.1) is 10.6 Å². The molecule has 0 unspecified atom stereocenters. The van der Waals surface area contributed by atoms with Gasteiger partial charge in [0.2, 0.25) is 5.91 Å². The lowest BCUT2D eigenvalue weighted by Crippen LogP contribution is -2.47. The highest BCUT2D eigenvalue weighted by Crippen LogP contribution is 2.15. The first-order chi connectivity index (χ1) is 12.5. The second kappa shape index (κ2) is 10.5. The fourth-order valence-electron chi connectivity index (χ4n) is 2.35. The molecule has 0 heterocycles. The minimum absolute atomic E-state index is 0.237. The Labute approximate surface area is 167 Å². The topological polar surface area (TPSA) is 58.2 Å². The van der Waals surface area contributed by atoms with E-state index in [2.05, 4.69) is 10.6 Å². The maximum Gasteiger partial charge on any atom is 0.253 e. The molecule has 0 radical (unpaired) electrons. The number of hydrogen-bond acceptors (Lipinski definition) is 3. The van der Waals surface area contributed by atoms with Crippen molar-refractivity contribution in [1.82, 2.24) is 10.6 Å². The third-order valence-corrected chi connectivity index (χ3v) is 4.92. The van der Waals surface area contributed by atoms with Crippen molar-refractivity contribution in [3.8, 4) is 0 Å². The van der Waals surface area contributed by atoms with E-state index in [1.165, 1.54) is 0 Å². The predicted molar refractivity (Wildman–Crippen MR) is 109 cm³/mol. The smallest absolute Gasteiger partial charge is 0.253 e. The third kappa shape index (κ3) is 6.24. The highest BCUT2D eigenvalue weighted by molar-refractivity contribution is 7.98. The Kier molecular flexibility index (Phi) is 8.29. The van der Waals surface area contributed by atoms with Gasteiger partial charge in [-0.25, -0.2) is 0 Å².